The summed E-state index contributed by atoms with van der Waals surface area (Å²) in [5.74, 6) is 0.550. The molecule has 0 radical (unpaired) electrons. The zero-order valence-corrected chi connectivity index (χ0v) is 19.3. The molecule has 0 bridgehead atoms. The van der Waals surface area contributed by atoms with Crippen molar-refractivity contribution in [2.45, 2.75) is 39.3 Å². The van der Waals surface area contributed by atoms with Crippen LogP contribution in [0.3, 0.4) is 0 Å². The van der Waals surface area contributed by atoms with Crippen LogP contribution in [0.1, 0.15) is 43.9 Å². The minimum absolute atomic E-state index is 0.111. The molecule has 5 nitrogen and oxygen atoms in total. The van der Waals surface area contributed by atoms with Crippen molar-refractivity contribution in [2.75, 3.05) is 11.9 Å². The van der Waals surface area contributed by atoms with Crippen molar-refractivity contribution in [1.82, 2.24) is 10.3 Å². The molecule has 0 saturated heterocycles. The first kappa shape index (κ1) is 23.8. The number of carboxylic acid groups (broad SMARTS) is 1. The van der Waals surface area contributed by atoms with Crippen molar-refractivity contribution < 1.29 is 9.90 Å². The van der Waals surface area contributed by atoms with Gasteiger partial charge in [-0.25, -0.2) is 4.98 Å². The van der Waals surface area contributed by atoms with E-state index in [9.17, 15) is 4.79 Å². The maximum Gasteiger partial charge on any atom is 0.304 e. The average molecular weight is 452 g/mol. The monoisotopic (exact) mass is 451 g/mol. The van der Waals surface area contributed by atoms with Gasteiger partial charge in [0.1, 0.15) is 5.82 Å². The average Bonchev–Trinajstić information content (AvgIpc) is 2.77. The predicted molar refractivity (Wildman–Crippen MR) is 131 cm³/mol. The Kier molecular flexibility index (Phi) is 8.65. The topological polar surface area (TPSA) is 74.2 Å². The van der Waals surface area contributed by atoms with E-state index < -0.39 is 5.97 Å². The van der Waals surface area contributed by atoms with Crippen LogP contribution in [-0.2, 0) is 11.3 Å². The number of hydrogen-bond donors (Lipinski definition) is 3. The largest absolute Gasteiger partial charge is 0.481 e. The second-order valence-corrected chi connectivity index (χ2v) is 8.77. The molecule has 0 fully saturated rings. The molecule has 1 atom stereocenters. The van der Waals surface area contributed by atoms with Crippen LogP contribution < -0.4 is 10.6 Å². The number of carboxylic acids is 1. The highest BCUT2D eigenvalue weighted by Crippen LogP contribution is 2.29. The molecule has 1 unspecified atom stereocenters. The highest BCUT2D eigenvalue weighted by atomic mass is 35.5. The summed E-state index contributed by atoms with van der Waals surface area (Å²) in [6.07, 6.45) is 2.92. The van der Waals surface area contributed by atoms with Crippen molar-refractivity contribution in [3.8, 4) is 11.1 Å². The van der Waals surface area contributed by atoms with Crippen LogP contribution in [0.2, 0.25) is 5.02 Å². The lowest BCUT2D eigenvalue weighted by molar-refractivity contribution is -0.136. The van der Waals surface area contributed by atoms with E-state index in [1.807, 2.05) is 36.5 Å². The number of hydrogen-bond acceptors (Lipinski definition) is 4. The van der Waals surface area contributed by atoms with E-state index in [0.29, 0.717) is 19.0 Å². The molecule has 0 aliphatic rings. The molecule has 168 valence electrons. The van der Waals surface area contributed by atoms with Gasteiger partial charge in [-0.1, -0.05) is 67.9 Å². The fourth-order valence-electron chi connectivity index (χ4n) is 3.55. The maximum atomic E-state index is 10.6. The van der Waals surface area contributed by atoms with Crippen LogP contribution in [0.25, 0.3) is 11.1 Å². The number of nitrogens with one attached hydrogen (secondary N) is 2. The number of benzene rings is 2. The summed E-state index contributed by atoms with van der Waals surface area (Å²) in [5.41, 5.74) is 4.47. The Bertz CT molecular complexity index is 1000. The number of pyridine rings is 1. The summed E-state index contributed by atoms with van der Waals surface area (Å²) >= 11 is 6.14. The Labute approximate surface area is 194 Å². The fraction of sp³-hybridized carbons (Fsp3) is 0.308. The summed E-state index contributed by atoms with van der Waals surface area (Å²) in [6.45, 7) is 5.47. The number of aromatic nitrogens is 1. The zero-order chi connectivity index (χ0) is 22.9. The summed E-state index contributed by atoms with van der Waals surface area (Å²) < 4.78 is 0. The summed E-state index contributed by atoms with van der Waals surface area (Å²) in [4.78, 5) is 15.1. The van der Waals surface area contributed by atoms with Crippen molar-refractivity contribution in [1.29, 1.82) is 0 Å². The molecule has 0 spiro atoms. The van der Waals surface area contributed by atoms with E-state index in [2.05, 4.69) is 59.8 Å². The number of nitrogens with zero attached hydrogens (tertiary/aromatic N) is 1. The van der Waals surface area contributed by atoms with Gasteiger partial charge < -0.3 is 15.7 Å². The summed E-state index contributed by atoms with van der Waals surface area (Å²) in [6, 6.07) is 20.6. The molecule has 1 heterocycles. The SMILES string of the molecule is CC(C)CC(Nc1ccc(CNCCC(=O)O)cn1)c1ccc(-c2cccc(Cl)c2)cc1. The van der Waals surface area contributed by atoms with E-state index in [1.54, 1.807) is 0 Å². The van der Waals surface area contributed by atoms with Gasteiger partial charge in [0.05, 0.1) is 12.5 Å². The third-order valence-corrected chi connectivity index (χ3v) is 5.40. The third-order valence-electron chi connectivity index (χ3n) is 5.17. The van der Waals surface area contributed by atoms with Gasteiger partial charge in [-0.15, -0.1) is 0 Å². The molecule has 2 aromatic carbocycles. The molecule has 0 aliphatic carbocycles. The second-order valence-electron chi connectivity index (χ2n) is 8.33. The van der Waals surface area contributed by atoms with Crippen LogP contribution in [0.4, 0.5) is 5.82 Å². The highest BCUT2D eigenvalue weighted by molar-refractivity contribution is 6.30. The number of aliphatic carboxylic acids is 1. The molecular formula is C26H30ClN3O2. The van der Waals surface area contributed by atoms with Crippen LogP contribution in [0, 0.1) is 5.92 Å². The Morgan fingerprint density at radius 1 is 1.06 bits per heavy atom. The lowest BCUT2D eigenvalue weighted by Gasteiger charge is -2.22. The summed E-state index contributed by atoms with van der Waals surface area (Å²) in [7, 11) is 0. The minimum Gasteiger partial charge on any atom is -0.481 e. The number of carbonyl (C=O) groups is 1. The maximum absolute atomic E-state index is 10.6. The molecule has 3 rings (SSSR count). The Morgan fingerprint density at radius 3 is 2.47 bits per heavy atom. The van der Waals surface area contributed by atoms with Crippen LogP contribution >= 0.6 is 11.6 Å². The summed E-state index contributed by atoms with van der Waals surface area (Å²) in [5, 5.41) is 16.1. The minimum atomic E-state index is -0.799. The molecule has 32 heavy (non-hydrogen) atoms. The Balaban J connectivity index is 1.67. The van der Waals surface area contributed by atoms with Gasteiger partial charge >= 0.3 is 5.97 Å². The van der Waals surface area contributed by atoms with Gasteiger partial charge in [-0.2, -0.15) is 0 Å². The predicted octanol–water partition coefficient (Wildman–Crippen LogP) is 6.17. The van der Waals surface area contributed by atoms with Gasteiger partial charge in [0, 0.05) is 24.3 Å². The standard InChI is InChI=1S/C26H30ClN3O2/c1-18(2)14-24(21-9-7-20(8-10-21)22-4-3-5-23(27)15-22)30-25-11-6-19(17-29-25)16-28-13-12-26(31)32/h3-11,15,17-18,24,28H,12-14,16H2,1-2H3,(H,29,30)(H,31,32). The van der Waals surface area contributed by atoms with Gasteiger partial charge in [0.2, 0.25) is 0 Å². The molecule has 0 amide bonds. The van der Waals surface area contributed by atoms with Gasteiger partial charge in [-0.3, -0.25) is 4.79 Å². The van der Waals surface area contributed by atoms with E-state index >= 15 is 0 Å². The van der Waals surface area contributed by atoms with Crippen LogP contribution in [0.15, 0.2) is 66.9 Å². The van der Waals surface area contributed by atoms with E-state index in [4.69, 9.17) is 16.7 Å². The molecule has 0 saturated carbocycles. The van der Waals surface area contributed by atoms with Crippen molar-refractivity contribution in [3.05, 3.63) is 83.0 Å². The second kappa shape index (κ2) is 11.7. The Morgan fingerprint density at radius 2 is 1.84 bits per heavy atom. The first-order chi connectivity index (χ1) is 15.4. The van der Waals surface area contributed by atoms with Gasteiger partial charge in [-0.05, 0) is 52.8 Å². The van der Waals surface area contributed by atoms with Crippen molar-refractivity contribution >= 4 is 23.4 Å². The normalized spacial score (nSPS) is 12.0. The number of rotatable bonds is 11. The smallest absolute Gasteiger partial charge is 0.304 e. The van der Waals surface area contributed by atoms with Crippen molar-refractivity contribution in [3.63, 3.8) is 0 Å². The molecule has 6 heteroatoms. The van der Waals surface area contributed by atoms with Gasteiger partial charge in [0.15, 0.2) is 0 Å². The van der Waals surface area contributed by atoms with Crippen LogP contribution in [0.5, 0.6) is 0 Å². The first-order valence-electron chi connectivity index (χ1n) is 10.9. The third kappa shape index (κ3) is 7.36. The Hall–Kier alpha value is -2.89. The molecule has 0 aliphatic heterocycles. The quantitative estimate of drug-likeness (QED) is 0.304. The molecule has 3 aromatic rings. The van der Waals surface area contributed by atoms with Gasteiger partial charge in [0.25, 0.3) is 0 Å². The van der Waals surface area contributed by atoms with Crippen molar-refractivity contribution in [2.24, 2.45) is 5.92 Å². The molecule has 1 aromatic heterocycles. The van der Waals surface area contributed by atoms with E-state index in [1.165, 1.54) is 5.56 Å². The molecule has 3 N–H and O–H groups in total. The lowest BCUT2D eigenvalue weighted by atomic mass is 9.95. The molecular weight excluding hydrogens is 422 g/mol. The highest BCUT2D eigenvalue weighted by Gasteiger charge is 2.14. The fourth-order valence-corrected chi connectivity index (χ4v) is 3.74. The first-order valence-corrected chi connectivity index (χ1v) is 11.3. The lowest BCUT2D eigenvalue weighted by Crippen LogP contribution is -2.18. The van der Waals surface area contributed by atoms with E-state index in [-0.39, 0.29) is 12.5 Å². The van der Waals surface area contributed by atoms with Crippen LogP contribution in [-0.4, -0.2) is 22.6 Å². The number of halogens is 1. The zero-order valence-electron chi connectivity index (χ0n) is 18.5. The number of anilines is 1. The van der Waals surface area contributed by atoms with E-state index in [0.717, 1.165) is 34.0 Å².